The minimum absolute atomic E-state index is 0.129. The van der Waals surface area contributed by atoms with Crippen molar-refractivity contribution >= 4 is 17.1 Å². The summed E-state index contributed by atoms with van der Waals surface area (Å²) in [4.78, 5) is 20.2. The second kappa shape index (κ2) is 5.95. The Balaban J connectivity index is 1.69. The van der Waals surface area contributed by atoms with E-state index in [1.807, 2.05) is 29.8 Å². The highest BCUT2D eigenvalue weighted by Gasteiger charge is 2.17. The zero-order valence-corrected chi connectivity index (χ0v) is 14.0. The molecule has 2 heterocycles. The van der Waals surface area contributed by atoms with Gasteiger partial charge >= 0.3 is 6.09 Å². The Labute approximate surface area is 138 Å². The smallest absolute Gasteiger partial charge is 0.408 e. The molecular formula is C16H19N5O3. The molecule has 126 valence electrons. The predicted molar refractivity (Wildman–Crippen MR) is 87.1 cm³/mol. The van der Waals surface area contributed by atoms with Crippen LogP contribution in [0.15, 0.2) is 29.0 Å². The van der Waals surface area contributed by atoms with Gasteiger partial charge in [0.05, 0.1) is 23.9 Å². The van der Waals surface area contributed by atoms with Crippen LogP contribution in [0.4, 0.5) is 4.79 Å². The van der Waals surface area contributed by atoms with Crippen molar-refractivity contribution in [1.29, 1.82) is 0 Å². The highest BCUT2D eigenvalue weighted by Crippen LogP contribution is 2.22. The summed E-state index contributed by atoms with van der Waals surface area (Å²) in [5, 5.41) is 6.46. The van der Waals surface area contributed by atoms with Crippen LogP contribution in [-0.4, -0.2) is 31.4 Å². The van der Waals surface area contributed by atoms with Gasteiger partial charge in [0.1, 0.15) is 5.60 Å². The van der Waals surface area contributed by atoms with Crippen LogP contribution in [0, 0.1) is 0 Å². The number of aryl methyl sites for hydroxylation is 1. The number of fused-ring (bicyclic) bond motifs is 1. The van der Waals surface area contributed by atoms with Crippen molar-refractivity contribution in [3.8, 4) is 11.5 Å². The van der Waals surface area contributed by atoms with Crippen LogP contribution in [0.1, 0.15) is 26.6 Å². The molecule has 8 nitrogen and oxygen atoms in total. The fourth-order valence-corrected chi connectivity index (χ4v) is 2.18. The maximum atomic E-state index is 11.6. The van der Waals surface area contributed by atoms with Crippen LogP contribution in [0.25, 0.3) is 22.5 Å². The molecule has 3 rings (SSSR count). The molecule has 0 unspecified atom stereocenters. The molecule has 0 aliphatic carbocycles. The summed E-state index contributed by atoms with van der Waals surface area (Å²) < 4.78 is 12.3. The van der Waals surface area contributed by atoms with Gasteiger partial charge in [0.25, 0.3) is 5.89 Å². The molecule has 0 saturated carbocycles. The largest absolute Gasteiger partial charge is 0.444 e. The fraction of sp³-hybridized carbons (Fsp3) is 0.375. The van der Waals surface area contributed by atoms with Crippen molar-refractivity contribution in [2.45, 2.75) is 32.9 Å². The molecule has 0 saturated heterocycles. The Morgan fingerprint density at radius 3 is 2.92 bits per heavy atom. The minimum atomic E-state index is -0.551. The molecule has 0 fully saturated rings. The third-order valence-corrected chi connectivity index (χ3v) is 3.23. The van der Waals surface area contributed by atoms with Gasteiger partial charge in [-0.2, -0.15) is 4.98 Å². The highest BCUT2D eigenvalue weighted by atomic mass is 16.6. The number of benzene rings is 1. The summed E-state index contributed by atoms with van der Waals surface area (Å²) in [5.41, 5.74) is 2.09. The van der Waals surface area contributed by atoms with Crippen molar-refractivity contribution in [1.82, 2.24) is 25.0 Å². The molecule has 3 aromatic rings. The Kier molecular flexibility index (Phi) is 3.96. The standard InChI is InChI=1S/C16H19N5O3/c1-16(2,3)23-15(22)17-8-13-19-14(24-20-13)10-5-6-12-11(7-10)18-9-21(12)4/h5-7,9H,8H2,1-4H3,(H,17,22). The molecule has 0 aliphatic rings. The van der Waals surface area contributed by atoms with E-state index < -0.39 is 11.7 Å². The number of imidazole rings is 1. The number of nitrogens with zero attached hydrogens (tertiary/aromatic N) is 4. The summed E-state index contributed by atoms with van der Waals surface area (Å²) in [6.45, 7) is 5.52. The summed E-state index contributed by atoms with van der Waals surface area (Å²) in [6.07, 6.45) is 1.22. The van der Waals surface area contributed by atoms with E-state index in [1.54, 1.807) is 27.1 Å². The van der Waals surface area contributed by atoms with E-state index >= 15 is 0 Å². The number of aromatic nitrogens is 4. The summed E-state index contributed by atoms with van der Waals surface area (Å²) >= 11 is 0. The predicted octanol–water partition coefficient (Wildman–Crippen LogP) is 2.65. The van der Waals surface area contributed by atoms with Crippen molar-refractivity contribution in [3.05, 3.63) is 30.4 Å². The molecule has 0 aliphatic heterocycles. The third kappa shape index (κ3) is 3.53. The van der Waals surface area contributed by atoms with Gasteiger partial charge in [-0.05, 0) is 39.0 Å². The molecule has 8 heteroatoms. The van der Waals surface area contributed by atoms with Gasteiger partial charge in [0, 0.05) is 12.6 Å². The van der Waals surface area contributed by atoms with Crippen molar-refractivity contribution < 1.29 is 14.1 Å². The first-order chi connectivity index (χ1) is 11.3. The van der Waals surface area contributed by atoms with E-state index in [0.717, 1.165) is 16.6 Å². The lowest BCUT2D eigenvalue weighted by Crippen LogP contribution is -2.32. The van der Waals surface area contributed by atoms with E-state index in [1.165, 1.54) is 0 Å². The minimum Gasteiger partial charge on any atom is -0.444 e. The van der Waals surface area contributed by atoms with Crippen LogP contribution in [0.2, 0.25) is 0 Å². The molecule has 0 atom stereocenters. The Morgan fingerprint density at radius 1 is 1.38 bits per heavy atom. The van der Waals surface area contributed by atoms with Crippen molar-refractivity contribution in [2.75, 3.05) is 0 Å². The van der Waals surface area contributed by atoms with E-state index in [2.05, 4.69) is 20.4 Å². The molecule has 1 aromatic carbocycles. The molecule has 0 spiro atoms. The quantitative estimate of drug-likeness (QED) is 0.793. The number of amides is 1. The van der Waals surface area contributed by atoms with Crippen LogP contribution in [-0.2, 0) is 18.3 Å². The summed E-state index contributed by atoms with van der Waals surface area (Å²) in [7, 11) is 1.93. The second-order valence-corrected chi connectivity index (χ2v) is 6.43. The van der Waals surface area contributed by atoms with Crippen LogP contribution >= 0.6 is 0 Å². The maximum Gasteiger partial charge on any atom is 0.408 e. The van der Waals surface area contributed by atoms with Crippen molar-refractivity contribution in [2.24, 2.45) is 7.05 Å². The normalized spacial score (nSPS) is 11.7. The number of alkyl carbamates (subject to hydrolysis) is 1. The first kappa shape index (κ1) is 16.0. The zero-order chi connectivity index (χ0) is 17.3. The van der Waals surface area contributed by atoms with E-state index in [0.29, 0.717) is 11.7 Å². The Morgan fingerprint density at radius 2 is 2.17 bits per heavy atom. The van der Waals surface area contributed by atoms with Gasteiger partial charge in [-0.3, -0.25) is 0 Å². The van der Waals surface area contributed by atoms with E-state index in [4.69, 9.17) is 9.26 Å². The third-order valence-electron chi connectivity index (χ3n) is 3.23. The number of ether oxygens (including phenoxy) is 1. The van der Waals surface area contributed by atoms with E-state index in [-0.39, 0.29) is 6.54 Å². The lowest BCUT2D eigenvalue weighted by Gasteiger charge is -2.19. The fourth-order valence-electron chi connectivity index (χ4n) is 2.18. The molecule has 0 radical (unpaired) electrons. The molecule has 1 amide bonds. The average Bonchev–Trinajstić information content (AvgIpc) is 3.10. The number of rotatable bonds is 3. The molecule has 2 aromatic heterocycles. The molecule has 1 N–H and O–H groups in total. The van der Waals surface area contributed by atoms with Gasteiger partial charge in [-0.25, -0.2) is 9.78 Å². The molecular weight excluding hydrogens is 310 g/mol. The van der Waals surface area contributed by atoms with E-state index in [9.17, 15) is 4.79 Å². The van der Waals surface area contributed by atoms with Gasteiger partial charge in [-0.1, -0.05) is 5.16 Å². The van der Waals surface area contributed by atoms with Crippen LogP contribution < -0.4 is 5.32 Å². The van der Waals surface area contributed by atoms with Crippen LogP contribution in [0.5, 0.6) is 0 Å². The van der Waals surface area contributed by atoms with Gasteiger partial charge in [0.15, 0.2) is 5.82 Å². The Hall–Kier alpha value is -2.90. The number of carbonyl (C=O) groups excluding carboxylic acids is 1. The topological polar surface area (TPSA) is 95.1 Å². The first-order valence-electron chi connectivity index (χ1n) is 7.53. The number of carbonyl (C=O) groups is 1. The van der Waals surface area contributed by atoms with Crippen LogP contribution in [0.3, 0.4) is 0 Å². The summed E-state index contributed by atoms with van der Waals surface area (Å²) in [5.74, 6) is 0.750. The highest BCUT2D eigenvalue weighted by molar-refractivity contribution is 5.80. The molecule has 24 heavy (non-hydrogen) atoms. The van der Waals surface area contributed by atoms with Gasteiger partial charge in [0.2, 0.25) is 0 Å². The monoisotopic (exact) mass is 329 g/mol. The average molecular weight is 329 g/mol. The van der Waals surface area contributed by atoms with Gasteiger partial charge in [-0.15, -0.1) is 0 Å². The van der Waals surface area contributed by atoms with Crippen molar-refractivity contribution in [3.63, 3.8) is 0 Å². The first-order valence-corrected chi connectivity index (χ1v) is 7.53. The molecule has 0 bridgehead atoms. The summed E-state index contributed by atoms with van der Waals surface area (Å²) in [6, 6.07) is 5.72. The second-order valence-electron chi connectivity index (χ2n) is 6.43. The maximum absolute atomic E-state index is 11.6. The van der Waals surface area contributed by atoms with Gasteiger partial charge < -0.3 is 19.1 Å². The number of hydrogen-bond acceptors (Lipinski definition) is 6. The number of hydrogen-bond donors (Lipinski definition) is 1. The Bertz CT molecular complexity index is 875. The number of nitrogens with one attached hydrogen (secondary N) is 1. The lowest BCUT2D eigenvalue weighted by atomic mass is 10.2. The zero-order valence-electron chi connectivity index (χ0n) is 14.0. The lowest BCUT2D eigenvalue weighted by molar-refractivity contribution is 0.0522. The SMILES string of the molecule is Cn1cnc2cc(-c3nc(CNC(=O)OC(C)(C)C)no3)ccc21.